The zero-order valence-electron chi connectivity index (χ0n) is 4.68. The molecule has 0 bridgehead atoms. The van der Waals surface area contributed by atoms with E-state index in [0.29, 0.717) is 0 Å². The maximum atomic E-state index is 2.98. The molecule has 1 heterocycles. The average Bonchev–Trinajstić information content (AvgIpc) is 1.84. The van der Waals surface area contributed by atoms with Crippen molar-refractivity contribution in [3.8, 4) is 0 Å². The molecule has 0 atom stereocenters. The minimum atomic E-state index is 0.833. The second kappa shape index (κ2) is 1.17. The lowest BCUT2D eigenvalue weighted by Gasteiger charge is -2.07. The highest BCUT2D eigenvalue weighted by Gasteiger charge is 2.15. The Bertz CT molecular complexity index is 108. The van der Waals surface area contributed by atoms with Crippen molar-refractivity contribution in [2.45, 2.75) is 0 Å². The summed E-state index contributed by atoms with van der Waals surface area (Å²) in [5, 5.41) is 0. The van der Waals surface area contributed by atoms with E-state index in [-0.39, 0.29) is 0 Å². The quantitative estimate of drug-likeness (QED) is 0.360. The van der Waals surface area contributed by atoms with Gasteiger partial charge in [0.25, 0.3) is 0 Å². The van der Waals surface area contributed by atoms with Crippen LogP contribution < -0.4 is 4.99 Å². The lowest BCUT2D eigenvalue weighted by molar-refractivity contribution is -0.743. The van der Waals surface area contributed by atoms with E-state index in [1.807, 2.05) is 12.5 Å². The Labute approximate surface area is 43.4 Å². The van der Waals surface area contributed by atoms with Crippen LogP contribution in [0.2, 0.25) is 0 Å². The standard InChI is InChI=1S/C5H9N2/c1-7(2)4-3-6-5-7/h3-5H,1-2H3/q+1/p+1. The Morgan fingerprint density at radius 2 is 2.14 bits per heavy atom. The molecule has 0 saturated heterocycles. The summed E-state index contributed by atoms with van der Waals surface area (Å²) in [7, 11) is 4.19. The van der Waals surface area contributed by atoms with Crippen LogP contribution in [-0.2, 0) is 0 Å². The normalized spacial score (nSPS) is 23.7. The van der Waals surface area contributed by atoms with E-state index in [2.05, 4.69) is 25.3 Å². The predicted molar refractivity (Wildman–Crippen MR) is 28.3 cm³/mol. The first-order chi connectivity index (χ1) is 3.21. The Kier molecular flexibility index (Phi) is 0.755. The molecule has 0 unspecified atom stereocenters. The number of hydrogen-bond acceptors (Lipinski definition) is 0. The monoisotopic (exact) mass is 98.1 g/mol. The fourth-order valence-electron chi connectivity index (χ4n) is 0.513. The molecule has 1 N–H and O–H groups in total. The van der Waals surface area contributed by atoms with Gasteiger partial charge in [-0.05, 0) is 0 Å². The van der Waals surface area contributed by atoms with Crippen molar-refractivity contribution >= 4 is 6.34 Å². The van der Waals surface area contributed by atoms with Crippen LogP contribution in [0.1, 0.15) is 0 Å². The molecule has 0 aliphatic carbocycles. The Balaban J connectivity index is 2.77. The molecule has 2 nitrogen and oxygen atoms in total. The van der Waals surface area contributed by atoms with Crippen molar-refractivity contribution in [3.63, 3.8) is 0 Å². The SMILES string of the molecule is C[N+]1(C)C=C[NH+]=C1. The largest absolute Gasteiger partial charge is 0.334 e. The third-order valence-corrected chi connectivity index (χ3v) is 0.962. The summed E-state index contributed by atoms with van der Waals surface area (Å²) in [5.41, 5.74) is 0. The molecule has 0 aromatic carbocycles. The smallest absolute Gasteiger partial charge is 0.216 e. The topological polar surface area (TPSA) is 14.0 Å². The van der Waals surface area contributed by atoms with Gasteiger partial charge in [0.15, 0.2) is 6.20 Å². The molecule has 0 amide bonds. The van der Waals surface area contributed by atoms with Gasteiger partial charge in [-0.25, -0.2) is 4.48 Å². The van der Waals surface area contributed by atoms with Crippen molar-refractivity contribution in [1.29, 1.82) is 0 Å². The summed E-state index contributed by atoms with van der Waals surface area (Å²) in [4.78, 5) is 2.98. The molecule has 0 saturated carbocycles. The summed E-state index contributed by atoms with van der Waals surface area (Å²) < 4.78 is 0.833. The first kappa shape index (κ1) is 4.53. The predicted octanol–water partition coefficient (Wildman–Crippen LogP) is -1.34. The minimum absolute atomic E-state index is 0.833. The van der Waals surface area contributed by atoms with E-state index in [9.17, 15) is 0 Å². The van der Waals surface area contributed by atoms with E-state index < -0.39 is 0 Å². The van der Waals surface area contributed by atoms with E-state index in [1.165, 1.54) is 0 Å². The molecule has 2 heteroatoms. The van der Waals surface area contributed by atoms with Crippen LogP contribution in [0.3, 0.4) is 0 Å². The molecule has 0 aromatic heterocycles. The van der Waals surface area contributed by atoms with Crippen molar-refractivity contribution in [2.24, 2.45) is 0 Å². The summed E-state index contributed by atoms with van der Waals surface area (Å²) in [6.45, 7) is 0. The second-order valence-corrected chi connectivity index (χ2v) is 2.24. The molecular weight excluding hydrogens is 88.1 g/mol. The fourth-order valence-corrected chi connectivity index (χ4v) is 0.513. The van der Waals surface area contributed by atoms with Crippen LogP contribution in [-0.4, -0.2) is 24.9 Å². The summed E-state index contributed by atoms with van der Waals surface area (Å²) in [6.07, 6.45) is 6.00. The third kappa shape index (κ3) is 0.871. The first-order valence-corrected chi connectivity index (χ1v) is 2.32. The molecular formula is C5H10N2+2. The highest BCUT2D eigenvalue weighted by atomic mass is 15.3. The Morgan fingerprint density at radius 1 is 1.43 bits per heavy atom. The molecule has 0 aromatic rings. The van der Waals surface area contributed by atoms with Crippen LogP contribution in [0.5, 0.6) is 0 Å². The number of hydrogen-bond donors (Lipinski definition) is 1. The number of nitrogens with one attached hydrogen (secondary N) is 1. The summed E-state index contributed by atoms with van der Waals surface area (Å²) >= 11 is 0. The minimum Gasteiger partial charge on any atom is -0.216 e. The second-order valence-electron chi connectivity index (χ2n) is 2.24. The Morgan fingerprint density at radius 3 is 2.29 bits per heavy atom. The van der Waals surface area contributed by atoms with E-state index in [4.69, 9.17) is 0 Å². The van der Waals surface area contributed by atoms with Crippen LogP contribution >= 0.6 is 0 Å². The van der Waals surface area contributed by atoms with Gasteiger partial charge in [0, 0.05) is 0 Å². The van der Waals surface area contributed by atoms with Crippen molar-refractivity contribution in [2.75, 3.05) is 14.1 Å². The van der Waals surface area contributed by atoms with E-state index >= 15 is 0 Å². The van der Waals surface area contributed by atoms with Crippen LogP contribution in [0.25, 0.3) is 0 Å². The van der Waals surface area contributed by atoms with Gasteiger partial charge in [-0.15, -0.1) is 0 Å². The number of rotatable bonds is 0. The average molecular weight is 98.1 g/mol. The van der Waals surface area contributed by atoms with E-state index in [1.54, 1.807) is 0 Å². The third-order valence-electron chi connectivity index (χ3n) is 0.962. The van der Waals surface area contributed by atoms with Crippen molar-refractivity contribution in [1.82, 2.24) is 0 Å². The Hall–Kier alpha value is -0.630. The molecule has 0 fully saturated rings. The number of quaternary nitrogens is 1. The molecule has 1 aliphatic rings. The lowest BCUT2D eigenvalue weighted by Crippen LogP contribution is -2.62. The van der Waals surface area contributed by atoms with Crippen molar-refractivity contribution in [3.05, 3.63) is 12.4 Å². The molecule has 0 spiro atoms. The van der Waals surface area contributed by atoms with Crippen LogP contribution in [0.4, 0.5) is 0 Å². The van der Waals surface area contributed by atoms with E-state index in [0.717, 1.165) is 4.48 Å². The zero-order chi connectivity index (χ0) is 5.33. The highest BCUT2D eigenvalue weighted by molar-refractivity contribution is 5.40. The van der Waals surface area contributed by atoms with Gasteiger partial charge in [-0.2, -0.15) is 4.99 Å². The fraction of sp³-hybridized carbons (Fsp3) is 0.400. The maximum absolute atomic E-state index is 2.98. The molecule has 1 aliphatic heterocycles. The van der Waals surface area contributed by atoms with Gasteiger partial charge in [0.2, 0.25) is 6.20 Å². The van der Waals surface area contributed by atoms with Crippen LogP contribution in [0, 0.1) is 0 Å². The molecule has 0 radical (unpaired) electrons. The maximum Gasteiger partial charge on any atom is 0.334 e. The number of nitrogens with zero attached hydrogens (tertiary/aromatic N) is 1. The zero-order valence-corrected chi connectivity index (χ0v) is 4.68. The van der Waals surface area contributed by atoms with Crippen molar-refractivity contribution < 1.29 is 9.48 Å². The van der Waals surface area contributed by atoms with Gasteiger partial charge in [-0.1, -0.05) is 0 Å². The lowest BCUT2D eigenvalue weighted by atomic mass is 10.7. The molecule has 38 valence electrons. The van der Waals surface area contributed by atoms with Gasteiger partial charge in [0.1, 0.15) is 0 Å². The van der Waals surface area contributed by atoms with Gasteiger partial charge in [-0.3, -0.25) is 0 Å². The van der Waals surface area contributed by atoms with Gasteiger partial charge >= 0.3 is 6.34 Å². The molecule has 7 heavy (non-hydrogen) atoms. The first-order valence-electron chi connectivity index (χ1n) is 2.32. The molecule has 1 rings (SSSR count). The van der Waals surface area contributed by atoms with Gasteiger partial charge < -0.3 is 0 Å². The summed E-state index contributed by atoms with van der Waals surface area (Å²) in [6, 6.07) is 0. The summed E-state index contributed by atoms with van der Waals surface area (Å²) in [5.74, 6) is 0. The van der Waals surface area contributed by atoms with Gasteiger partial charge in [0.05, 0.1) is 14.1 Å². The van der Waals surface area contributed by atoms with Crippen LogP contribution in [0.15, 0.2) is 12.4 Å². The highest BCUT2D eigenvalue weighted by Crippen LogP contribution is 1.89.